The molecule has 1 aromatic heterocycles. The fourth-order valence-electron chi connectivity index (χ4n) is 2.80. The molecule has 1 N–H and O–H groups in total. The van der Waals surface area contributed by atoms with Crippen LogP contribution in [0.3, 0.4) is 0 Å². The van der Waals surface area contributed by atoms with E-state index in [4.69, 9.17) is 14.2 Å². The molecule has 0 spiro atoms. The number of rotatable bonds is 5. The first-order valence-electron chi connectivity index (χ1n) is 8.19. The predicted molar refractivity (Wildman–Crippen MR) is 105 cm³/mol. The summed E-state index contributed by atoms with van der Waals surface area (Å²) in [5, 5.41) is 11.3. The molecule has 2 heterocycles. The highest BCUT2D eigenvalue weighted by atomic mass is 32.2. The van der Waals surface area contributed by atoms with Crippen LogP contribution in [0, 0.1) is 0 Å². The third-order valence-corrected chi connectivity index (χ3v) is 5.00. The van der Waals surface area contributed by atoms with Crippen LogP contribution in [0.4, 0.5) is 0 Å². The van der Waals surface area contributed by atoms with Crippen molar-refractivity contribution in [2.45, 2.75) is 5.16 Å². The van der Waals surface area contributed by atoms with Gasteiger partial charge in [-0.2, -0.15) is 0 Å². The van der Waals surface area contributed by atoms with Gasteiger partial charge in [-0.05, 0) is 30.3 Å². The normalized spacial score (nSPS) is 12.6. The third kappa shape index (κ3) is 3.19. The van der Waals surface area contributed by atoms with E-state index in [1.807, 2.05) is 52.5 Å². The van der Waals surface area contributed by atoms with Crippen molar-refractivity contribution in [3.63, 3.8) is 0 Å². The van der Waals surface area contributed by atoms with Crippen molar-refractivity contribution in [2.24, 2.45) is 0 Å². The van der Waals surface area contributed by atoms with E-state index in [0.717, 1.165) is 39.2 Å². The smallest absolute Gasteiger partial charge is 0.214 e. The zero-order valence-corrected chi connectivity index (χ0v) is 15.9. The van der Waals surface area contributed by atoms with Crippen LogP contribution in [-0.2, 0) is 0 Å². The molecule has 0 atom stereocenters. The van der Waals surface area contributed by atoms with E-state index in [9.17, 15) is 0 Å². The molecule has 0 saturated carbocycles. The van der Waals surface area contributed by atoms with Gasteiger partial charge in [-0.25, -0.2) is 4.68 Å². The van der Waals surface area contributed by atoms with E-state index in [1.54, 1.807) is 21.3 Å². The van der Waals surface area contributed by atoms with Crippen LogP contribution < -0.4 is 19.6 Å². The highest BCUT2D eigenvalue weighted by molar-refractivity contribution is 8.02. The number of hydrogen-bond donors (Lipinski definition) is 1. The number of hydrogen-bond acceptors (Lipinski definition) is 7. The van der Waals surface area contributed by atoms with Crippen LogP contribution in [0.15, 0.2) is 53.0 Å². The number of nitrogens with zero attached hydrogens (tertiary/aromatic N) is 3. The van der Waals surface area contributed by atoms with E-state index in [-0.39, 0.29) is 0 Å². The molecule has 1 aliphatic rings. The van der Waals surface area contributed by atoms with Crippen LogP contribution in [0.5, 0.6) is 17.2 Å². The molecule has 8 heteroatoms. The van der Waals surface area contributed by atoms with Crippen molar-refractivity contribution >= 4 is 17.5 Å². The predicted octanol–water partition coefficient (Wildman–Crippen LogP) is 3.62. The number of methoxy groups -OCH3 is 3. The molecule has 7 nitrogen and oxygen atoms in total. The summed E-state index contributed by atoms with van der Waals surface area (Å²) in [4.78, 5) is 0. The summed E-state index contributed by atoms with van der Waals surface area (Å²) < 4.78 is 18.0. The fraction of sp³-hybridized carbons (Fsp3) is 0.158. The second kappa shape index (κ2) is 7.24. The molecule has 0 fully saturated rings. The molecule has 0 aliphatic carbocycles. The zero-order chi connectivity index (χ0) is 18.8. The van der Waals surface area contributed by atoms with Crippen molar-refractivity contribution in [2.75, 3.05) is 26.8 Å². The van der Waals surface area contributed by atoms with Gasteiger partial charge in [0.1, 0.15) is 17.2 Å². The van der Waals surface area contributed by atoms with Crippen molar-refractivity contribution in [1.82, 2.24) is 14.9 Å². The van der Waals surface area contributed by atoms with E-state index in [2.05, 4.69) is 15.6 Å². The molecule has 27 heavy (non-hydrogen) atoms. The molecular formula is C19H18N4O3S. The van der Waals surface area contributed by atoms with Crippen LogP contribution >= 0.6 is 11.8 Å². The number of nitrogens with one attached hydrogen (secondary N) is 1. The summed E-state index contributed by atoms with van der Waals surface area (Å²) in [6.07, 6.45) is 0. The lowest BCUT2D eigenvalue weighted by atomic mass is 10.1. The van der Waals surface area contributed by atoms with Gasteiger partial charge in [-0.1, -0.05) is 23.9 Å². The molecule has 138 valence electrons. The minimum Gasteiger partial charge on any atom is -0.497 e. The summed E-state index contributed by atoms with van der Waals surface area (Å²) in [5.41, 5.74) is 6.04. The Labute approximate surface area is 160 Å². The van der Waals surface area contributed by atoms with E-state index in [1.165, 1.54) is 11.8 Å². The van der Waals surface area contributed by atoms with Gasteiger partial charge in [-0.3, -0.25) is 5.43 Å². The average molecular weight is 382 g/mol. The standard InChI is InChI=1S/C19H18N4O3S/c1-24-13-6-4-5-12(9-13)18-20-21-19-23(18)22-16(11-27-19)15-10-14(25-2)7-8-17(15)26-3/h4-11,22H,1-3H3. The molecule has 4 rings (SSSR count). The monoisotopic (exact) mass is 382 g/mol. The Hall–Kier alpha value is -3.13. The Morgan fingerprint density at radius 1 is 0.926 bits per heavy atom. The third-order valence-electron chi connectivity index (χ3n) is 4.17. The van der Waals surface area contributed by atoms with E-state index < -0.39 is 0 Å². The van der Waals surface area contributed by atoms with E-state index >= 15 is 0 Å². The number of benzene rings is 2. The summed E-state index contributed by atoms with van der Waals surface area (Å²) in [7, 11) is 4.93. The van der Waals surface area contributed by atoms with Crippen molar-refractivity contribution in [3.05, 3.63) is 53.4 Å². The van der Waals surface area contributed by atoms with Crippen LogP contribution in [0.1, 0.15) is 5.56 Å². The van der Waals surface area contributed by atoms with Crippen molar-refractivity contribution in [1.29, 1.82) is 0 Å². The summed E-state index contributed by atoms with van der Waals surface area (Å²) in [5.74, 6) is 2.96. The SMILES string of the molecule is COc1cccc(-c2nnc3n2NC(c2cc(OC)ccc2OC)=CS3)c1. The Bertz CT molecular complexity index is 1020. The second-order valence-corrected chi connectivity index (χ2v) is 6.54. The fourth-order valence-corrected chi connectivity index (χ4v) is 3.53. The molecule has 3 aromatic rings. The number of aromatic nitrogens is 3. The second-order valence-electron chi connectivity index (χ2n) is 5.70. The highest BCUT2D eigenvalue weighted by Crippen LogP contribution is 2.36. The first kappa shape index (κ1) is 17.3. The van der Waals surface area contributed by atoms with Crippen LogP contribution in [0.2, 0.25) is 0 Å². The quantitative estimate of drug-likeness (QED) is 0.723. The maximum Gasteiger partial charge on any atom is 0.214 e. The Morgan fingerprint density at radius 2 is 1.74 bits per heavy atom. The molecule has 0 saturated heterocycles. The maximum atomic E-state index is 5.51. The zero-order valence-electron chi connectivity index (χ0n) is 15.1. The largest absolute Gasteiger partial charge is 0.497 e. The average Bonchev–Trinajstić information content (AvgIpc) is 3.16. The van der Waals surface area contributed by atoms with Gasteiger partial charge in [0.2, 0.25) is 5.16 Å². The Kier molecular flexibility index (Phi) is 4.64. The molecule has 1 aliphatic heterocycles. The summed E-state index contributed by atoms with van der Waals surface area (Å²) in [6, 6.07) is 13.4. The lowest BCUT2D eigenvalue weighted by Gasteiger charge is -2.21. The first-order chi connectivity index (χ1) is 13.2. The van der Waals surface area contributed by atoms with E-state index in [0.29, 0.717) is 5.82 Å². The Morgan fingerprint density at radius 3 is 2.52 bits per heavy atom. The molecule has 0 unspecified atom stereocenters. The summed E-state index contributed by atoms with van der Waals surface area (Å²) in [6.45, 7) is 0. The minimum absolute atomic E-state index is 0.698. The van der Waals surface area contributed by atoms with Gasteiger partial charge < -0.3 is 14.2 Å². The van der Waals surface area contributed by atoms with Gasteiger partial charge in [0, 0.05) is 16.5 Å². The van der Waals surface area contributed by atoms with Gasteiger partial charge in [0.25, 0.3) is 0 Å². The number of fused-ring (bicyclic) bond motifs is 1. The number of ether oxygens (including phenoxy) is 3. The molecule has 2 aromatic carbocycles. The molecule has 0 amide bonds. The van der Waals surface area contributed by atoms with Crippen LogP contribution in [0.25, 0.3) is 17.1 Å². The summed E-state index contributed by atoms with van der Waals surface area (Å²) >= 11 is 1.49. The molecular weight excluding hydrogens is 364 g/mol. The lowest BCUT2D eigenvalue weighted by molar-refractivity contribution is 0.402. The van der Waals surface area contributed by atoms with Crippen molar-refractivity contribution in [3.8, 4) is 28.6 Å². The van der Waals surface area contributed by atoms with Gasteiger partial charge in [0.15, 0.2) is 5.82 Å². The highest BCUT2D eigenvalue weighted by Gasteiger charge is 2.21. The lowest BCUT2D eigenvalue weighted by Crippen LogP contribution is -2.18. The maximum absolute atomic E-state index is 5.51. The van der Waals surface area contributed by atoms with Crippen molar-refractivity contribution < 1.29 is 14.2 Å². The topological polar surface area (TPSA) is 70.4 Å². The number of thioether (sulfide) groups is 1. The van der Waals surface area contributed by atoms with Gasteiger partial charge >= 0.3 is 0 Å². The van der Waals surface area contributed by atoms with Crippen LogP contribution in [-0.4, -0.2) is 36.2 Å². The first-order valence-corrected chi connectivity index (χ1v) is 9.07. The molecule has 0 radical (unpaired) electrons. The Balaban J connectivity index is 1.72. The molecule has 0 bridgehead atoms. The van der Waals surface area contributed by atoms with Gasteiger partial charge in [-0.15, -0.1) is 10.2 Å². The van der Waals surface area contributed by atoms with Gasteiger partial charge in [0.05, 0.1) is 27.0 Å². The minimum atomic E-state index is 0.698.